The molecule has 1 saturated heterocycles. The lowest BCUT2D eigenvalue weighted by atomic mass is 10.0. The largest absolute Gasteiger partial charge is 0.354 e. The van der Waals surface area contributed by atoms with Gasteiger partial charge in [0.25, 0.3) is 0 Å². The van der Waals surface area contributed by atoms with Gasteiger partial charge in [0.15, 0.2) is 0 Å². The van der Waals surface area contributed by atoms with Crippen LogP contribution < -0.4 is 5.32 Å². The van der Waals surface area contributed by atoms with E-state index in [1.165, 1.54) is 24.8 Å². The molecule has 132 valence electrons. The summed E-state index contributed by atoms with van der Waals surface area (Å²) >= 11 is 0. The molecule has 1 N–H and O–H groups in total. The molecule has 0 saturated carbocycles. The van der Waals surface area contributed by atoms with E-state index < -0.39 is 0 Å². The summed E-state index contributed by atoms with van der Waals surface area (Å²) in [6, 6.07) is 14.7. The average molecular weight is 337 g/mol. The van der Waals surface area contributed by atoms with Gasteiger partial charge >= 0.3 is 0 Å². The van der Waals surface area contributed by atoms with Crippen molar-refractivity contribution in [2.45, 2.75) is 38.1 Å². The van der Waals surface area contributed by atoms with Crippen molar-refractivity contribution in [3.05, 3.63) is 66.0 Å². The predicted octanol–water partition coefficient (Wildman–Crippen LogP) is 3.36. The summed E-state index contributed by atoms with van der Waals surface area (Å²) in [4.78, 5) is 18.9. The zero-order valence-corrected chi connectivity index (χ0v) is 14.7. The van der Waals surface area contributed by atoms with E-state index >= 15 is 0 Å². The fourth-order valence-corrected chi connectivity index (χ4v) is 3.47. The minimum absolute atomic E-state index is 0.113. The summed E-state index contributed by atoms with van der Waals surface area (Å²) < 4.78 is 0. The van der Waals surface area contributed by atoms with Gasteiger partial charge in [-0.25, -0.2) is 0 Å². The van der Waals surface area contributed by atoms with Crippen molar-refractivity contribution in [1.82, 2.24) is 15.2 Å². The van der Waals surface area contributed by atoms with Crippen LogP contribution in [0.15, 0.2) is 54.9 Å². The molecule has 3 rings (SSSR count). The molecule has 1 atom stereocenters. The molecule has 2 aromatic rings. The van der Waals surface area contributed by atoms with E-state index in [-0.39, 0.29) is 11.9 Å². The standard InChI is InChI=1S/C21H27N3O/c25-21(12-11-18-8-7-13-22-16-18)23-17-20(19-9-3-1-4-10-19)24-14-5-2-6-15-24/h1,3-4,7-10,13,16,20H,2,5-6,11-12,14-15,17H2,(H,23,25)/t20-/m0/s1. The Bertz CT molecular complexity index is 639. The molecule has 4 nitrogen and oxygen atoms in total. The van der Waals surface area contributed by atoms with Gasteiger partial charge < -0.3 is 5.32 Å². The van der Waals surface area contributed by atoms with Crippen LogP contribution in [-0.4, -0.2) is 35.4 Å². The van der Waals surface area contributed by atoms with Crippen LogP contribution in [0.2, 0.25) is 0 Å². The van der Waals surface area contributed by atoms with Crippen molar-refractivity contribution in [2.75, 3.05) is 19.6 Å². The zero-order chi connectivity index (χ0) is 17.3. The number of piperidine rings is 1. The number of hydrogen-bond donors (Lipinski definition) is 1. The van der Waals surface area contributed by atoms with Crippen LogP contribution in [-0.2, 0) is 11.2 Å². The fourth-order valence-electron chi connectivity index (χ4n) is 3.47. The van der Waals surface area contributed by atoms with Crippen LogP contribution in [0, 0.1) is 0 Å². The van der Waals surface area contributed by atoms with E-state index in [9.17, 15) is 4.79 Å². The highest BCUT2D eigenvalue weighted by atomic mass is 16.1. The third kappa shape index (κ3) is 5.40. The Labute approximate surface area is 150 Å². The number of pyridine rings is 1. The molecule has 0 bridgehead atoms. The van der Waals surface area contributed by atoms with Gasteiger partial charge in [-0.05, 0) is 49.5 Å². The number of hydrogen-bond acceptors (Lipinski definition) is 3. The van der Waals surface area contributed by atoms with E-state index in [2.05, 4.69) is 39.5 Å². The Hall–Kier alpha value is -2.20. The van der Waals surface area contributed by atoms with Gasteiger partial charge in [0.05, 0.1) is 6.04 Å². The maximum Gasteiger partial charge on any atom is 0.220 e. The third-order valence-corrected chi connectivity index (χ3v) is 4.87. The van der Waals surface area contributed by atoms with Crippen LogP contribution >= 0.6 is 0 Å². The van der Waals surface area contributed by atoms with Crippen LogP contribution in [0.3, 0.4) is 0 Å². The van der Waals surface area contributed by atoms with Gasteiger partial charge in [-0.15, -0.1) is 0 Å². The molecule has 1 aromatic carbocycles. The summed E-state index contributed by atoms with van der Waals surface area (Å²) in [5.41, 5.74) is 2.39. The second-order valence-electron chi connectivity index (χ2n) is 6.69. The summed E-state index contributed by atoms with van der Waals surface area (Å²) in [7, 11) is 0. The second-order valence-corrected chi connectivity index (χ2v) is 6.69. The molecule has 0 spiro atoms. The second kappa shape index (κ2) is 9.33. The molecule has 1 aliphatic heterocycles. The molecule has 25 heavy (non-hydrogen) atoms. The SMILES string of the molecule is O=C(CCc1cccnc1)NC[C@@H](c1ccccc1)N1CCCCC1. The van der Waals surface area contributed by atoms with Gasteiger partial charge in [-0.1, -0.05) is 42.8 Å². The number of benzene rings is 1. The van der Waals surface area contributed by atoms with E-state index in [0.29, 0.717) is 13.0 Å². The zero-order valence-electron chi connectivity index (χ0n) is 14.7. The molecule has 0 unspecified atom stereocenters. The number of nitrogens with zero attached hydrogens (tertiary/aromatic N) is 2. The van der Waals surface area contributed by atoms with Gasteiger partial charge in [-0.3, -0.25) is 14.7 Å². The molecule has 1 aromatic heterocycles. The van der Waals surface area contributed by atoms with Crippen molar-refractivity contribution in [2.24, 2.45) is 0 Å². The van der Waals surface area contributed by atoms with Crippen LogP contribution in [0.5, 0.6) is 0 Å². The maximum atomic E-state index is 12.3. The topological polar surface area (TPSA) is 45.2 Å². The summed E-state index contributed by atoms with van der Waals surface area (Å²) in [6.07, 6.45) is 8.64. The summed E-state index contributed by atoms with van der Waals surface area (Å²) in [5, 5.41) is 3.15. The Kier molecular flexibility index (Phi) is 6.57. The molecule has 2 heterocycles. The Morgan fingerprint density at radius 2 is 1.88 bits per heavy atom. The maximum absolute atomic E-state index is 12.3. The molecule has 1 aliphatic rings. The smallest absolute Gasteiger partial charge is 0.220 e. The van der Waals surface area contributed by atoms with Gasteiger partial charge in [-0.2, -0.15) is 0 Å². The molecule has 1 fully saturated rings. The number of aromatic nitrogens is 1. The van der Waals surface area contributed by atoms with Gasteiger partial charge in [0.2, 0.25) is 5.91 Å². The summed E-state index contributed by atoms with van der Waals surface area (Å²) in [5.74, 6) is 0.113. The number of amides is 1. The van der Waals surface area contributed by atoms with Crippen molar-refractivity contribution in [3.8, 4) is 0 Å². The van der Waals surface area contributed by atoms with Crippen LogP contribution in [0.25, 0.3) is 0 Å². The highest BCUT2D eigenvalue weighted by Gasteiger charge is 2.22. The molecule has 0 aliphatic carbocycles. The van der Waals surface area contributed by atoms with E-state index in [4.69, 9.17) is 0 Å². The molecule has 1 amide bonds. The normalized spacial score (nSPS) is 16.3. The Balaban J connectivity index is 1.55. The highest BCUT2D eigenvalue weighted by molar-refractivity contribution is 5.76. The lowest BCUT2D eigenvalue weighted by Crippen LogP contribution is -2.40. The Morgan fingerprint density at radius 3 is 2.60 bits per heavy atom. The van der Waals surface area contributed by atoms with Crippen molar-refractivity contribution >= 4 is 5.91 Å². The predicted molar refractivity (Wildman–Crippen MR) is 100 cm³/mol. The van der Waals surface area contributed by atoms with Gasteiger partial charge in [0.1, 0.15) is 0 Å². The van der Waals surface area contributed by atoms with Crippen molar-refractivity contribution < 1.29 is 4.79 Å². The molecular formula is C21H27N3O. The van der Waals surface area contributed by atoms with Gasteiger partial charge in [0, 0.05) is 25.4 Å². The number of likely N-dealkylation sites (tertiary alicyclic amines) is 1. The minimum atomic E-state index is 0.113. The number of rotatable bonds is 7. The lowest BCUT2D eigenvalue weighted by molar-refractivity contribution is -0.121. The number of aryl methyl sites for hydroxylation is 1. The number of carbonyl (C=O) groups is 1. The van der Waals surface area contributed by atoms with E-state index in [0.717, 1.165) is 25.1 Å². The fraction of sp³-hybridized carbons (Fsp3) is 0.429. The van der Waals surface area contributed by atoms with Crippen LogP contribution in [0.1, 0.15) is 42.9 Å². The first-order valence-corrected chi connectivity index (χ1v) is 9.27. The monoisotopic (exact) mass is 337 g/mol. The molecular weight excluding hydrogens is 310 g/mol. The number of nitrogens with one attached hydrogen (secondary N) is 1. The van der Waals surface area contributed by atoms with Crippen molar-refractivity contribution in [3.63, 3.8) is 0 Å². The van der Waals surface area contributed by atoms with E-state index in [1.54, 1.807) is 6.20 Å². The average Bonchev–Trinajstić information content (AvgIpc) is 2.69. The van der Waals surface area contributed by atoms with E-state index in [1.807, 2.05) is 24.4 Å². The first-order valence-electron chi connectivity index (χ1n) is 9.27. The Morgan fingerprint density at radius 1 is 1.08 bits per heavy atom. The first kappa shape index (κ1) is 17.6. The minimum Gasteiger partial charge on any atom is -0.354 e. The van der Waals surface area contributed by atoms with Crippen LogP contribution in [0.4, 0.5) is 0 Å². The quantitative estimate of drug-likeness (QED) is 0.843. The summed E-state index contributed by atoms with van der Waals surface area (Å²) in [6.45, 7) is 2.91. The molecule has 0 radical (unpaired) electrons. The lowest BCUT2D eigenvalue weighted by Gasteiger charge is -2.35. The first-order chi connectivity index (χ1) is 12.3. The number of carbonyl (C=O) groups excluding carboxylic acids is 1. The molecule has 4 heteroatoms. The van der Waals surface area contributed by atoms with Crippen molar-refractivity contribution in [1.29, 1.82) is 0 Å². The highest BCUT2D eigenvalue weighted by Crippen LogP contribution is 2.24. The third-order valence-electron chi connectivity index (χ3n) is 4.87.